The van der Waals surface area contributed by atoms with Gasteiger partial charge in [-0.1, -0.05) is 158 Å². The van der Waals surface area contributed by atoms with E-state index in [9.17, 15) is 0 Å². The lowest BCUT2D eigenvalue weighted by atomic mass is 9.83. The standard InChI is InChI=1S/C52H30OS/c1-2-14-31(15-3-1)34-26-27-41(36-19-7-6-18-35(34)36)48-37-20-8-10-22-39(37)49(40-23-11-9-21-38(40)48)44-30-46-51(52-50(44)42-24-12-13-25-47(42)54-52)43-28-32-16-4-5-17-33(32)29-45(43)53-46/h1-30H. The van der Waals surface area contributed by atoms with Gasteiger partial charge in [-0.25, -0.2) is 0 Å². The highest BCUT2D eigenvalue weighted by Gasteiger charge is 2.24. The molecule has 0 amide bonds. The SMILES string of the molecule is c1ccc(-c2ccc(-c3c4ccccc4c(-c4cc5oc6cc7ccccc7cc6c5c5sc6ccccc6c45)c4ccccc34)c3ccccc23)cc1. The monoisotopic (exact) mass is 702 g/mol. The molecular formula is C52H30OS. The predicted molar refractivity (Wildman–Crippen MR) is 233 cm³/mol. The third-order valence-corrected chi connectivity index (χ3v) is 12.6. The second kappa shape index (κ2) is 11.4. The molecule has 0 saturated carbocycles. The van der Waals surface area contributed by atoms with E-state index in [2.05, 4.69) is 182 Å². The predicted octanol–water partition coefficient (Wildman–Crippen LogP) is 15.6. The lowest BCUT2D eigenvalue weighted by Gasteiger charge is -2.20. The van der Waals surface area contributed by atoms with Crippen molar-refractivity contribution >= 4 is 96.5 Å². The van der Waals surface area contributed by atoms with Crippen molar-refractivity contribution in [1.29, 1.82) is 0 Å². The zero-order chi connectivity index (χ0) is 35.3. The number of furan rings is 1. The zero-order valence-electron chi connectivity index (χ0n) is 29.1. The number of thiophene rings is 1. The average Bonchev–Trinajstić information content (AvgIpc) is 3.80. The summed E-state index contributed by atoms with van der Waals surface area (Å²) in [6.07, 6.45) is 0. The van der Waals surface area contributed by atoms with Gasteiger partial charge in [0.15, 0.2) is 0 Å². The van der Waals surface area contributed by atoms with E-state index in [1.807, 2.05) is 11.3 Å². The fourth-order valence-electron chi connectivity index (χ4n) is 9.12. The molecule has 0 bridgehead atoms. The van der Waals surface area contributed by atoms with Gasteiger partial charge in [0.1, 0.15) is 11.2 Å². The van der Waals surface area contributed by atoms with E-state index in [0.29, 0.717) is 0 Å². The number of rotatable bonds is 3. The van der Waals surface area contributed by atoms with Crippen LogP contribution in [0.1, 0.15) is 0 Å². The van der Waals surface area contributed by atoms with Gasteiger partial charge in [0.2, 0.25) is 0 Å². The first-order chi connectivity index (χ1) is 26.8. The Labute approximate surface area is 314 Å². The van der Waals surface area contributed by atoms with Gasteiger partial charge in [-0.3, -0.25) is 0 Å². The van der Waals surface area contributed by atoms with Gasteiger partial charge in [-0.2, -0.15) is 0 Å². The minimum Gasteiger partial charge on any atom is -0.456 e. The summed E-state index contributed by atoms with van der Waals surface area (Å²) in [5.74, 6) is 0. The third-order valence-electron chi connectivity index (χ3n) is 11.4. The number of hydrogen-bond donors (Lipinski definition) is 0. The topological polar surface area (TPSA) is 13.1 Å². The molecule has 0 unspecified atom stereocenters. The van der Waals surface area contributed by atoms with Crippen molar-refractivity contribution in [2.45, 2.75) is 0 Å². The van der Waals surface area contributed by atoms with Crippen LogP contribution in [-0.2, 0) is 0 Å². The average molecular weight is 703 g/mol. The Morgan fingerprint density at radius 3 is 1.54 bits per heavy atom. The van der Waals surface area contributed by atoms with Gasteiger partial charge in [0.05, 0.1) is 0 Å². The van der Waals surface area contributed by atoms with Crippen molar-refractivity contribution in [3.8, 4) is 33.4 Å². The fourth-order valence-corrected chi connectivity index (χ4v) is 10.4. The first-order valence-electron chi connectivity index (χ1n) is 18.5. The van der Waals surface area contributed by atoms with Crippen LogP contribution in [0.15, 0.2) is 186 Å². The Bertz CT molecular complexity index is 3440. The summed E-state index contributed by atoms with van der Waals surface area (Å²) in [5, 5.41) is 14.8. The molecule has 0 N–H and O–H groups in total. The molecule has 0 aliphatic carbocycles. The molecule has 0 atom stereocenters. The quantitative estimate of drug-likeness (QED) is 0.167. The van der Waals surface area contributed by atoms with Crippen LogP contribution in [0.25, 0.3) is 119 Å². The fraction of sp³-hybridized carbons (Fsp3) is 0. The smallest absolute Gasteiger partial charge is 0.137 e. The Hall–Kier alpha value is -6.74. The van der Waals surface area contributed by atoms with Crippen LogP contribution in [0.4, 0.5) is 0 Å². The first-order valence-corrected chi connectivity index (χ1v) is 19.3. The number of fused-ring (bicyclic) bond motifs is 11. The van der Waals surface area contributed by atoms with Crippen LogP contribution < -0.4 is 0 Å². The van der Waals surface area contributed by atoms with Crippen LogP contribution in [-0.4, -0.2) is 0 Å². The summed E-state index contributed by atoms with van der Waals surface area (Å²) < 4.78 is 9.41. The molecule has 0 aliphatic rings. The second-order valence-corrected chi connectivity index (χ2v) is 15.4. The number of benzene rings is 10. The van der Waals surface area contributed by atoms with Crippen molar-refractivity contribution in [3.63, 3.8) is 0 Å². The summed E-state index contributed by atoms with van der Waals surface area (Å²) in [7, 11) is 0. The van der Waals surface area contributed by atoms with Crippen molar-refractivity contribution in [2.24, 2.45) is 0 Å². The van der Waals surface area contributed by atoms with Crippen molar-refractivity contribution in [2.75, 3.05) is 0 Å². The largest absolute Gasteiger partial charge is 0.456 e. The second-order valence-electron chi connectivity index (χ2n) is 14.3. The summed E-state index contributed by atoms with van der Waals surface area (Å²) >= 11 is 1.88. The molecule has 10 aromatic carbocycles. The van der Waals surface area contributed by atoms with Crippen LogP contribution in [0.5, 0.6) is 0 Å². The van der Waals surface area contributed by atoms with Crippen molar-refractivity contribution in [3.05, 3.63) is 182 Å². The molecular weight excluding hydrogens is 673 g/mol. The normalized spacial score (nSPS) is 12.1. The van der Waals surface area contributed by atoms with Gasteiger partial charge in [-0.15, -0.1) is 11.3 Å². The van der Waals surface area contributed by atoms with E-state index in [1.54, 1.807) is 0 Å². The van der Waals surface area contributed by atoms with Crippen molar-refractivity contribution < 1.29 is 4.42 Å². The highest BCUT2D eigenvalue weighted by molar-refractivity contribution is 7.27. The molecule has 54 heavy (non-hydrogen) atoms. The summed E-state index contributed by atoms with van der Waals surface area (Å²) in [4.78, 5) is 0. The molecule has 12 aromatic rings. The van der Waals surface area contributed by atoms with E-state index < -0.39 is 0 Å². The van der Waals surface area contributed by atoms with Crippen LogP contribution >= 0.6 is 11.3 Å². The Morgan fingerprint density at radius 2 is 0.852 bits per heavy atom. The molecule has 0 saturated heterocycles. The van der Waals surface area contributed by atoms with Crippen molar-refractivity contribution in [1.82, 2.24) is 0 Å². The minimum absolute atomic E-state index is 0.925. The van der Waals surface area contributed by atoms with E-state index in [4.69, 9.17) is 4.42 Å². The van der Waals surface area contributed by atoms with E-state index in [1.165, 1.54) is 107 Å². The zero-order valence-corrected chi connectivity index (χ0v) is 30.0. The van der Waals surface area contributed by atoms with Gasteiger partial charge >= 0.3 is 0 Å². The molecule has 250 valence electrons. The van der Waals surface area contributed by atoms with E-state index in [0.717, 1.165) is 11.2 Å². The van der Waals surface area contributed by atoms with Crippen LogP contribution in [0, 0.1) is 0 Å². The molecule has 0 aliphatic heterocycles. The van der Waals surface area contributed by atoms with Crippen LogP contribution in [0.2, 0.25) is 0 Å². The maximum absolute atomic E-state index is 6.85. The molecule has 2 heterocycles. The lowest BCUT2D eigenvalue weighted by molar-refractivity contribution is 0.670. The van der Waals surface area contributed by atoms with Gasteiger partial charge in [-0.05, 0) is 101 Å². The Balaban J connectivity index is 1.22. The van der Waals surface area contributed by atoms with Gasteiger partial charge < -0.3 is 4.42 Å². The molecule has 1 nitrogen and oxygen atoms in total. The number of hydrogen-bond acceptors (Lipinski definition) is 2. The highest BCUT2D eigenvalue weighted by Crippen LogP contribution is 2.52. The maximum Gasteiger partial charge on any atom is 0.137 e. The molecule has 0 radical (unpaired) electrons. The summed E-state index contributed by atoms with van der Waals surface area (Å²) in [6.45, 7) is 0. The molecule has 2 heteroatoms. The Kier molecular flexibility index (Phi) is 6.28. The van der Waals surface area contributed by atoms with E-state index >= 15 is 0 Å². The summed E-state index contributed by atoms with van der Waals surface area (Å²) in [6, 6.07) is 66.6. The molecule has 0 spiro atoms. The molecule has 0 fully saturated rings. The minimum atomic E-state index is 0.925. The van der Waals surface area contributed by atoms with E-state index in [-0.39, 0.29) is 0 Å². The molecule has 12 rings (SSSR count). The third kappa shape index (κ3) is 4.20. The lowest BCUT2D eigenvalue weighted by Crippen LogP contribution is -1.93. The van der Waals surface area contributed by atoms with Gasteiger partial charge in [0, 0.05) is 30.9 Å². The summed E-state index contributed by atoms with van der Waals surface area (Å²) in [5.41, 5.74) is 9.30. The first kappa shape index (κ1) is 29.8. The van der Waals surface area contributed by atoms with Crippen LogP contribution in [0.3, 0.4) is 0 Å². The Morgan fingerprint density at radius 1 is 0.333 bits per heavy atom. The maximum atomic E-state index is 6.85. The van der Waals surface area contributed by atoms with Gasteiger partial charge in [0.25, 0.3) is 0 Å². The highest BCUT2D eigenvalue weighted by atomic mass is 32.1. The molecule has 2 aromatic heterocycles.